The summed E-state index contributed by atoms with van der Waals surface area (Å²) >= 11 is 0. The number of hydrogen-bond acceptors (Lipinski definition) is 1. The lowest BCUT2D eigenvalue weighted by Gasteiger charge is -2.22. The molecule has 104 valence electrons. The number of para-hydroxylation sites is 2. The fourth-order valence-electron chi connectivity index (χ4n) is 3.19. The van der Waals surface area contributed by atoms with Gasteiger partial charge in [0, 0.05) is 22.6 Å². The van der Waals surface area contributed by atoms with Gasteiger partial charge in [0.05, 0.1) is 0 Å². The first-order chi connectivity index (χ1) is 10.2. The smallest absolute Gasteiger partial charge is 0.274 e. The maximum absolute atomic E-state index is 12.9. The van der Waals surface area contributed by atoms with Crippen LogP contribution in [0, 0.1) is 0 Å². The quantitative estimate of drug-likeness (QED) is 0.721. The molecule has 0 saturated carbocycles. The molecule has 1 aliphatic rings. The summed E-state index contributed by atoms with van der Waals surface area (Å²) in [4.78, 5) is 18.0. The number of hydrogen-bond donors (Lipinski definition) is 1. The summed E-state index contributed by atoms with van der Waals surface area (Å²) in [5, 5.41) is 1.07. The van der Waals surface area contributed by atoms with E-state index in [0.29, 0.717) is 5.69 Å². The SMILES string of the molecule is CC1Cc2ccccc2N1C(=O)c1cc2ccccc2[nH]1. The molecule has 0 fully saturated rings. The molecule has 0 aliphatic carbocycles. The average molecular weight is 276 g/mol. The van der Waals surface area contributed by atoms with Crippen LogP contribution in [-0.4, -0.2) is 16.9 Å². The topological polar surface area (TPSA) is 36.1 Å². The van der Waals surface area contributed by atoms with Gasteiger partial charge in [-0.2, -0.15) is 0 Å². The number of anilines is 1. The molecule has 3 aromatic rings. The van der Waals surface area contributed by atoms with Crippen LogP contribution in [0.2, 0.25) is 0 Å². The summed E-state index contributed by atoms with van der Waals surface area (Å²) < 4.78 is 0. The number of nitrogens with one attached hydrogen (secondary N) is 1. The highest BCUT2D eigenvalue weighted by Gasteiger charge is 2.31. The van der Waals surface area contributed by atoms with Gasteiger partial charge >= 0.3 is 0 Å². The van der Waals surface area contributed by atoms with Crippen LogP contribution in [0.1, 0.15) is 23.0 Å². The van der Waals surface area contributed by atoms with E-state index in [9.17, 15) is 4.79 Å². The molecule has 21 heavy (non-hydrogen) atoms. The monoisotopic (exact) mass is 276 g/mol. The van der Waals surface area contributed by atoms with E-state index in [-0.39, 0.29) is 11.9 Å². The summed E-state index contributed by atoms with van der Waals surface area (Å²) in [6.07, 6.45) is 0.919. The molecule has 3 heteroatoms. The van der Waals surface area contributed by atoms with Crippen LogP contribution in [0.15, 0.2) is 54.6 Å². The first-order valence-electron chi connectivity index (χ1n) is 7.23. The van der Waals surface area contributed by atoms with Gasteiger partial charge in [0.25, 0.3) is 5.91 Å². The van der Waals surface area contributed by atoms with E-state index in [1.165, 1.54) is 5.56 Å². The number of carbonyl (C=O) groups excluding carboxylic acids is 1. The number of aromatic amines is 1. The zero-order valence-corrected chi connectivity index (χ0v) is 11.8. The van der Waals surface area contributed by atoms with Crippen molar-refractivity contribution in [1.82, 2.24) is 4.98 Å². The molecule has 1 atom stereocenters. The largest absolute Gasteiger partial charge is 0.351 e. The minimum absolute atomic E-state index is 0.0450. The Bertz CT molecular complexity index is 801. The van der Waals surface area contributed by atoms with Gasteiger partial charge in [0.1, 0.15) is 5.69 Å². The average Bonchev–Trinajstić information content (AvgIpc) is 3.06. The van der Waals surface area contributed by atoms with E-state index in [0.717, 1.165) is 23.0 Å². The summed E-state index contributed by atoms with van der Waals surface area (Å²) in [6, 6.07) is 18.2. The van der Waals surface area contributed by atoms with Crippen molar-refractivity contribution in [2.45, 2.75) is 19.4 Å². The fourth-order valence-corrected chi connectivity index (χ4v) is 3.19. The molecular weight excluding hydrogens is 260 g/mol. The van der Waals surface area contributed by atoms with Crippen LogP contribution in [0.3, 0.4) is 0 Å². The summed E-state index contributed by atoms with van der Waals surface area (Å²) in [5.74, 6) is 0.0450. The molecule has 1 aromatic heterocycles. The predicted octanol–water partition coefficient (Wildman–Crippen LogP) is 3.76. The van der Waals surface area contributed by atoms with Crippen LogP contribution in [0.25, 0.3) is 10.9 Å². The van der Waals surface area contributed by atoms with Crippen LogP contribution in [0.5, 0.6) is 0 Å². The van der Waals surface area contributed by atoms with Crippen molar-refractivity contribution in [3.05, 3.63) is 65.9 Å². The molecule has 3 nitrogen and oxygen atoms in total. The van der Waals surface area contributed by atoms with Gasteiger partial charge in [-0.15, -0.1) is 0 Å². The second kappa shape index (κ2) is 4.48. The van der Waals surface area contributed by atoms with Gasteiger partial charge in [-0.1, -0.05) is 36.4 Å². The second-order valence-electron chi connectivity index (χ2n) is 5.63. The number of aromatic nitrogens is 1. The van der Waals surface area contributed by atoms with Crippen LogP contribution >= 0.6 is 0 Å². The van der Waals surface area contributed by atoms with Crippen molar-refractivity contribution in [2.75, 3.05) is 4.90 Å². The van der Waals surface area contributed by atoms with Crippen LogP contribution in [-0.2, 0) is 6.42 Å². The fraction of sp³-hybridized carbons (Fsp3) is 0.167. The Kier molecular flexibility index (Phi) is 2.61. The summed E-state index contributed by atoms with van der Waals surface area (Å²) in [7, 11) is 0. The number of amides is 1. The van der Waals surface area contributed by atoms with E-state index in [1.54, 1.807) is 0 Å². The molecule has 2 aromatic carbocycles. The molecule has 0 saturated heterocycles. The van der Waals surface area contributed by atoms with Gasteiger partial charge in [0.2, 0.25) is 0 Å². The van der Waals surface area contributed by atoms with Crippen molar-refractivity contribution >= 4 is 22.5 Å². The molecule has 2 heterocycles. The molecule has 1 aliphatic heterocycles. The maximum Gasteiger partial charge on any atom is 0.274 e. The van der Waals surface area contributed by atoms with Crippen LogP contribution in [0.4, 0.5) is 5.69 Å². The van der Waals surface area contributed by atoms with Crippen molar-refractivity contribution in [1.29, 1.82) is 0 Å². The number of rotatable bonds is 1. The molecule has 0 bridgehead atoms. The number of benzene rings is 2. The molecule has 0 radical (unpaired) electrons. The van der Waals surface area contributed by atoms with Gasteiger partial charge in [0.15, 0.2) is 0 Å². The minimum atomic E-state index is 0.0450. The second-order valence-corrected chi connectivity index (χ2v) is 5.63. The molecule has 1 amide bonds. The Labute approximate surface area is 123 Å². The van der Waals surface area contributed by atoms with E-state index in [4.69, 9.17) is 0 Å². The lowest BCUT2D eigenvalue weighted by molar-refractivity contribution is 0.0977. The van der Waals surface area contributed by atoms with Crippen LogP contribution < -0.4 is 4.90 Å². The minimum Gasteiger partial charge on any atom is -0.351 e. The van der Waals surface area contributed by atoms with Crippen molar-refractivity contribution in [2.24, 2.45) is 0 Å². The number of nitrogens with zero attached hydrogens (tertiary/aromatic N) is 1. The highest BCUT2D eigenvalue weighted by atomic mass is 16.2. The summed E-state index contributed by atoms with van der Waals surface area (Å²) in [6.45, 7) is 2.10. The van der Waals surface area contributed by atoms with E-state index in [1.807, 2.05) is 53.4 Å². The number of fused-ring (bicyclic) bond motifs is 2. The predicted molar refractivity (Wildman–Crippen MR) is 84.7 cm³/mol. The third kappa shape index (κ3) is 1.85. The highest BCUT2D eigenvalue weighted by Crippen LogP contribution is 2.33. The van der Waals surface area contributed by atoms with E-state index in [2.05, 4.69) is 18.0 Å². The zero-order valence-electron chi connectivity index (χ0n) is 11.8. The van der Waals surface area contributed by atoms with E-state index >= 15 is 0 Å². The number of H-pyrrole nitrogens is 1. The van der Waals surface area contributed by atoms with Crippen molar-refractivity contribution in [3.8, 4) is 0 Å². The Balaban J connectivity index is 1.77. The Morgan fingerprint density at radius 1 is 1.14 bits per heavy atom. The zero-order chi connectivity index (χ0) is 14.4. The van der Waals surface area contributed by atoms with Gasteiger partial charge in [-0.3, -0.25) is 4.79 Å². The Morgan fingerprint density at radius 3 is 2.76 bits per heavy atom. The first-order valence-corrected chi connectivity index (χ1v) is 7.23. The Hall–Kier alpha value is -2.55. The third-order valence-corrected chi connectivity index (χ3v) is 4.19. The van der Waals surface area contributed by atoms with Gasteiger partial charge in [-0.05, 0) is 37.1 Å². The standard InChI is InChI=1S/C18H16N2O/c1-12-10-14-7-3-5-9-17(14)20(12)18(21)16-11-13-6-2-4-8-15(13)19-16/h2-9,11-12,19H,10H2,1H3. The molecule has 1 N–H and O–H groups in total. The van der Waals surface area contributed by atoms with Gasteiger partial charge in [-0.25, -0.2) is 0 Å². The maximum atomic E-state index is 12.9. The highest BCUT2D eigenvalue weighted by molar-refractivity contribution is 6.08. The Morgan fingerprint density at radius 2 is 1.90 bits per heavy atom. The van der Waals surface area contributed by atoms with Crippen molar-refractivity contribution < 1.29 is 4.79 Å². The normalized spacial score (nSPS) is 17.2. The molecular formula is C18H16N2O. The first kappa shape index (κ1) is 12.2. The third-order valence-electron chi connectivity index (χ3n) is 4.19. The summed E-state index contributed by atoms with van der Waals surface area (Å²) in [5.41, 5.74) is 3.93. The van der Waals surface area contributed by atoms with Gasteiger partial charge < -0.3 is 9.88 Å². The molecule has 1 unspecified atom stereocenters. The van der Waals surface area contributed by atoms with Crippen molar-refractivity contribution in [3.63, 3.8) is 0 Å². The molecule has 0 spiro atoms. The lowest BCUT2D eigenvalue weighted by Crippen LogP contribution is -2.35. The van der Waals surface area contributed by atoms with E-state index < -0.39 is 0 Å². The number of carbonyl (C=O) groups is 1. The lowest BCUT2D eigenvalue weighted by atomic mass is 10.1. The molecule has 4 rings (SSSR count).